The number of carbonyl (C=O) groups is 1. The third kappa shape index (κ3) is 3.90. The zero-order chi connectivity index (χ0) is 23.9. The van der Waals surface area contributed by atoms with Gasteiger partial charge in [-0.3, -0.25) is 4.79 Å². The minimum atomic E-state index is -0.777. The average molecular weight is 500 g/mol. The van der Waals surface area contributed by atoms with E-state index in [0.717, 1.165) is 32.0 Å². The number of rotatable bonds is 4. The molecule has 0 spiro atoms. The van der Waals surface area contributed by atoms with Gasteiger partial charge in [0.2, 0.25) is 5.13 Å². The van der Waals surface area contributed by atoms with Crippen LogP contribution in [0.2, 0.25) is 0 Å². The minimum Gasteiger partial charge on any atom is -0.422 e. The fourth-order valence-electron chi connectivity index (χ4n) is 3.78. The molecular weight excluding hydrogens is 485 g/mol. The van der Waals surface area contributed by atoms with Crippen LogP contribution >= 0.6 is 22.7 Å². The summed E-state index contributed by atoms with van der Waals surface area (Å²) in [5, 5.41) is 9.96. The van der Waals surface area contributed by atoms with E-state index >= 15 is 0 Å². The van der Waals surface area contributed by atoms with Crippen LogP contribution in [0.25, 0.3) is 32.0 Å². The summed E-state index contributed by atoms with van der Waals surface area (Å²) in [7, 11) is 0. The Hall–Kier alpha value is -4.21. The lowest BCUT2D eigenvalue weighted by atomic mass is 10.0. The smallest absolute Gasteiger partial charge is 0.349 e. The largest absolute Gasteiger partial charge is 0.422 e. The molecule has 0 aliphatic heterocycles. The van der Waals surface area contributed by atoms with Crippen molar-refractivity contribution in [1.29, 1.82) is 0 Å². The monoisotopic (exact) mass is 499 g/mol. The summed E-state index contributed by atoms with van der Waals surface area (Å²) in [6, 6.07) is 20.6. The van der Waals surface area contributed by atoms with Crippen LogP contribution in [0.15, 0.2) is 92.5 Å². The van der Waals surface area contributed by atoms with Gasteiger partial charge in [0.15, 0.2) is 0 Å². The number of halogens is 1. The third-order valence-electron chi connectivity index (χ3n) is 5.43. The van der Waals surface area contributed by atoms with E-state index in [1.807, 2.05) is 47.8 Å². The minimum absolute atomic E-state index is 0.178. The molecule has 35 heavy (non-hydrogen) atoms. The van der Waals surface area contributed by atoms with E-state index in [0.29, 0.717) is 21.2 Å². The van der Waals surface area contributed by atoms with E-state index in [9.17, 15) is 14.0 Å². The predicted octanol–water partition coefficient (Wildman–Crippen LogP) is 6.44. The van der Waals surface area contributed by atoms with Crippen LogP contribution in [-0.2, 0) is 0 Å². The van der Waals surface area contributed by atoms with Crippen molar-refractivity contribution in [3.63, 3.8) is 0 Å². The Morgan fingerprint density at radius 2 is 1.91 bits per heavy atom. The topological polar surface area (TPSA) is 75.8 Å². The maximum atomic E-state index is 13.7. The van der Waals surface area contributed by atoms with E-state index < -0.39 is 17.3 Å². The Balaban J connectivity index is 1.52. The lowest BCUT2D eigenvalue weighted by molar-refractivity contribution is 0.0984. The van der Waals surface area contributed by atoms with Crippen LogP contribution in [0.1, 0.15) is 15.2 Å². The van der Waals surface area contributed by atoms with E-state index in [1.54, 1.807) is 6.07 Å². The summed E-state index contributed by atoms with van der Waals surface area (Å²) in [5.74, 6) is -1.10. The number of benzene rings is 3. The summed E-state index contributed by atoms with van der Waals surface area (Å²) in [4.78, 5) is 31.8. The molecule has 0 N–H and O–H groups in total. The summed E-state index contributed by atoms with van der Waals surface area (Å²) >= 11 is 2.55. The normalized spacial score (nSPS) is 11.7. The molecule has 0 radical (unpaired) electrons. The number of hydrazone groups is 1. The van der Waals surface area contributed by atoms with Crippen molar-refractivity contribution in [2.45, 2.75) is 0 Å². The van der Waals surface area contributed by atoms with Gasteiger partial charge in [-0.25, -0.2) is 14.2 Å². The molecule has 3 heterocycles. The molecule has 3 aromatic carbocycles. The molecule has 0 saturated heterocycles. The van der Waals surface area contributed by atoms with Crippen LogP contribution in [0.4, 0.5) is 9.52 Å². The molecule has 0 fully saturated rings. The summed E-state index contributed by atoms with van der Waals surface area (Å²) in [6.07, 6.45) is 1.52. The average Bonchev–Trinajstić information content (AvgIpc) is 3.53. The van der Waals surface area contributed by atoms with E-state index in [4.69, 9.17) is 4.42 Å². The standard InChI is InChI=1S/C26H14FN3O3S2/c27-16-8-9-21-23(12-16)35-26(29-21)30(28-14-17-5-3-11-34-17)24(31)20-13-19-18-6-2-1-4-15(18)7-10-22(19)33-25(20)32/h1-14H/b28-14+. The second-order valence-electron chi connectivity index (χ2n) is 7.63. The van der Waals surface area contributed by atoms with Crippen LogP contribution < -0.4 is 10.6 Å². The van der Waals surface area contributed by atoms with Crippen molar-refractivity contribution in [3.05, 3.63) is 105 Å². The molecule has 0 bridgehead atoms. The number of amides is 1. The Bertz CT molecular complexity index is 1820. The number of hydrogen-bond donors (Lipinski definition) is 0. The van der Waals surface area contributed by atoms with Crippen molar-refractivity contribution >= 4 is 71.9 Å². The van der Waals surface area contributed by atoms with Crippen molar-refractivity contribution < 1.29 is 13.6 Å². The number of carbonyl (C=O) groups excluding carboxylic acids is 1. The molecule has 0 atom stereocenters. The highest BCUT2D eigenvalue weighted by Crippen LogP contribution is 2.31. The molecule has 0 aliphatic carbocycles. The Morgan fingerprint density at radius 1 is 1.03 bits per heavy atom. The van der Waals surface area contributed by atoms with E-state index in [1.165, 1.54) is 41.8 Å². The highest BCUT2D eigenvalue weighted by Gasteiger charge is 2.25. The van der Waals surface area contributed by atoms with Gasteiger partial charge in [0.1, 0.15) is 17.0 Å². The zero-order valence-corrected chi connectivity index (χ0v) is 19.5. The summed E-state index contributed by atoms with van der Waals surface area (Å²) in [6.45, 7) is 0. The van der Waals surface area contributed by atoms with E-state index in [-0.39, 0.29) is 10.7 Å². The van der Waals surface area contributed by atoms with Crippen molar-refractivity contribution in [1.82, 2.24) is 4.98 Å². The van der Waals surface area contributed by atoms with Crippen molar-refractivity contribution in [2.75, 3.05) is 5.01 Å². The molecule has 1 amide bonds. The maximum absolute atomic E-state index is 13.7. The number of hydrogen-bond acceptors (Lipinski definition) is 7. The SMILES string of the molecule is O=C(c1cc2c(ccc3ccccc32)oc1=O)N(/N=C/c1cccs1)c1nc2ccc(F)cc2s1. The Labute approximate surface area is 205 Å². The number of thiophene rings is 1. The molecule has 0 aliphatic rings. The maximum Gasteiger partial charge on any atom is 0.349 e. The first-order valence-electron chi connectivity index (χ1n) is 10.5. The fraction of sp³-hybridized carbons (Fsp3) is 0. The first kappa shape index (κ1) is 21.3. The molecule has 0 saturated carbocycles. The van der Waals surface area contributed by atoms with E-state index in [2.05, 4.69) is 10.1 Å². The molecular formula is C26H14FN3O3S2. The van der Waals surface area contributed by atoms with Gasteiger partial charge in [-0.1, -0.05) is 47.7 Å². The molecule has 3 aromatic heterocycles. The van der Waals surface area contributed by atoms with Gasteiger partial charge in [0.25, 0.3) is 5.91 Å². The molecule has 0 unspecified atom stereocenters. The highest BCUT2D eigenvalue weighted by atomic mass is 32.1. The molecule has 6 nitrogen and oxygen atoms in total. The van der Waals surface area contributed by atoms with Gasteiger partial charge in [-0.05, 0) is 52.6 Å². The summed E-state index contributed by atoms with van der Waals surface area (Å²) < 4.78 is 19.8. The van der Waals surface area contributed by atoms with Crippen LogP contribution in [0, 0.1) is 5.82 Å². The van der Waals surface area contributed by atoms with Crippen LogP contribution in [0.5, 0.6) is 0 Å². The van der Waals surface area contributed by atoms with Gasteiger partial charge >= 0.3 is 5.63 Å². The second-order valence-corrected chi connectivity index (χ2v) is 9.62. The zero-order valence-electron chi connectivity index (χ0n) is 17.8. The van der Waals surface area contributed by atoms with Gasteiger partial charge in [0, 0.05) is 10.3 Å². The van der Waals surface area contributed by atoms with Crippen LogP contribution in [-0.4, -0.2) is 17.1 Å². The van der Waals surface area contributed by atoms with Crippen LogP contribution in [0.3, 0.4) is 0 Å². The molecule has 170 valence electrons. The number of nitrogens with zero attached hydrogens (tertiary/aromatic N) is 3. The lowest BCUT2D eigenvalue weighted by Crippen LogP contribution is -2.30. The Morgan fingerprint density at radius 3 is 2.77 bits per heavy atom. The fourth-order valence-corrected chi connectivity index (χ4v) is 5.31. The first-order chi connectivity index (χ1) is 17.1. The number of fused-ring (bicyclic) bond motifs is 4. The highest BCUT2D eigenvalue weighted by molar-refractivity contribution is 7.22. The molecule has 9 heteroatoms. The van der Waals surface area contributed by atoms with Gasteiger partial charge in [0.05, 0.1) is 16.4 Å². The lowest BCUT2D eigenvalue weighted by Gasteiger charge is -2.13. The molecule has 6 aromatic rings. The first-order valence-corrected chi connectivity index (χ1v) is 12.2. The van der Waals surface area contributed by atoms with Gasteiger partial charge in [-0.15, -0.1) is 11.3 Å². The quantitative estimate of drug-likeness (QED) is 0.121. The predicted molar refractivity (Wildman–Crippen MR) is 138 cm³/mol. The number of anilines is 1. The third-order valence-corrected chi connectivity index (χ3v) is 7.23. The van der Waals surface area contributed by atoms with Gasteiger partial charge in [-0.2, -0.15) is 10.1 Å². The van der Waals surface area contributed by atoms with Crippen molar-refractivity contribution in [3.8, 4) is 0 Å². The number of aromatic nitrogens is 1. The van der Waals surface area contributed by atoms with Crippen molar-refractivity contribution in [2.24, 2.45) is 5.10 Å². The van der Waals surface area contributed by atoms with Gasteiger partial charge < -0.3 is 4.42 Å². The Kier molecular flexibility index (Phi) is 5.20. The molecule has 6 rings (SSSR count). The number of thiazole rings is 1. The summed E-state index contributed by atoms with van der Waals surface area (Å²) in [5.41, 5.74) is -0.0507. The second kappa shape index (κ2) is 8.53.